The number of aromatic amines is 1. The summed E-state index contributed by atoms with van der Waals surface area (Å²) in [7, 11) is 0. The first-order valence-electron chi connectivity index (χ1n) is 7.38. The van der Waals surface area contributed by atoms with E-state index in [1.165, 1.54) is 5.56 Å². The summed E-state index contributed by atoms with van der Waals surface area (Å²) >= 11 is 0. The summed E-state index contributed by atoms with van der Waals surface area (Å²) in [6.07, 6.45) is 2.62. The van der Waals surface area contributed by atoms with Gasteiger partial charge in [-0.1, -0.05) is 52.0 Å². The molecule has 1 aromatic carbocycles. The molecule has 0 fully saturated rings. The minimum absolute atomic E-state index is 0.0736. The van der Waals surface area contributed by atoms with Gasteiger partial charge in [-0.3, -0.25) is 9.89 Å². The van der Waals surface area contributed by atoms with E-state index in [-0.39, 0.29) is 11.3 Å². The van der Waals surface area contributed by atoms with Gasteiger partial charge >= 0.3 is 0 Å². The van der Waals surface area contributed by atoms with Gasteiger partial charge in [0.15, 0.2) is 5.69 Å². The van der Waals surface area contributed by atoms with E-state index in [0.29, 0.717) is 5.69 Å². The Kier molecular flexibility index (Phi) is 4.75. The van der Waals surface area contributed by atoms with Crippen LogP contribution in [0.5, 0.6) is 0 Å². The largest absolute Gasteiger partial charge is 0.291 e. The Bertz CT molecular complexity index is 663. The lowest BCUT2D eigenvalue weighted by Crippen LogP contribution is -2.18. The van der Waals surface area contributed by atoms with Gasteiger partial charge in [-0.25, -0.2) is 5.43 Å². The normalized spacial score (nSPS) is 11.8. The van der Waals surface area contributed by atoms with E-state index in [4.69, 9.17) is 0 Å². The lowest BCUT2D eigenvalue weighted by Gasteiger charge is -2.14. The Hall–Kier alpha value is -2.43. The predicted octanol–water partition coefficient (Wildman–Crippen LogP) is 3.03. The van der Waals surface area contributed by atoms with Crippen LogP contribution in [0.4, 0.5) is 0 Å². The van der Waals surface area contributed by atoms with Crippen LogP contribution in [0.15, 0.2) is 35.4 Å². The number of aryl methyl sites for hydroxylation is 1. The summed E-state index contributed by atoms with van der Waals surface area (Å²) in [5, 5.41) is 10.9. The first kappa shape index (κ1) is 15.9. The molecule has 0 atom stereocenters. The Labute approximate surface area is 130 Å². The highest BCUT2D eigenvalue weighted by Crippen LogP contribution is 2.20. The fourth-order valence-electron chi connectivity index (χ4n) is 1.88. The van der Waals surface area contributed by atoms with E-state index in [0.717, 1.165) is 17.7 Å². The van der Waals surface area contributed by atoms with Gasteiger partial charge in [-0.15, -0.1) is 0 Å². The molecule has 1 amide bonds. The number of carbonyl (C=O) groups excluding carboxylic acids is 1. The highest BCUT2D eigenvalue weighted by atomic mass is 16.2. The number of H-pyrrole nitrogens is 1. The molecule has 2 rings (SSSR count). The van der Waals surface area contributed by atoms with E-state index >= 15 is 0 Å². The molecule has 0 spiro atoms. The van der Waals surface area contributed by atoms with Gasteiger partial charge < -0.3 is 0 Å². The molecule has 0 saturated heterocycles. The van der Waals surface area contributed by atoms with Crippen molar-refractivity contribution < 1.29 is 4.79 Å². The van der Waals surface area contributed by atoms with Gasteiger partial charge in [0.1, 0.15) is 0 Å². The first-order chi connectivity index (χ1) is 10.4. The summed E-state index contributed by atoms with van der Waals surface area (Å²) in [5.41, 5.74) is 5.88. The number of benzene rings is 1. The van der Waals surface area contributed by atoms with Gasteiger partial charge in [-0.05, 0) is 23.6 Å². The summed E-state index contributed by atoms with van der Waals surface area (Å²) < 4.78 is 0. The molecule has 0 unspecified atom stereocenters. The molecule has 0 radical (unpaired) electrons. The van der Waals surface area contributed by atoms with Crippen LogP contribution in [0.25, 0.3) is 0 Å². The van der Waals surface area contributed by atoms with Crippen LogP contribution < -0.4 is 5.43 Å². The molecule has 5 heteroatoms. The van der Waals surface area contributed by atoms with Crippen LogP contribution in [0.3, 0.4) is 0 Å². The minimum Gasteiger partial charge on any atom is -0.281 e. The van der Waals surface area contributed by atoms with Gasteiger partial charge in [0.2, 0.25) is 0 Å². The third-order valence-corrected chi connectivity index (χ3v) is 3.39. The number of nitrogens with zero attached hydrogens (tertiary/aromatic N) is 2. The van der Waals surface area contributed by atoms with E-state index in [2.05, 4.69) is 48.4 Å². The Balaban J connectivity index is 1.97. The Morgan fingerprint density at radius 1 is 1.32 bits per heavy atom. The number of nitrogens with one attached hydrogen (secondary N) is 2. The molecule has 2 aromatic rings. The maximum atomic E-state index is 12.0. The fourth-order valence-corrected chi connectivity index (χ4v) is 1.88. The summed E-state index contributed by atoms with van der Waals surface area (Å²) in [6, 6.07) is 9.79. The van der Waals surface area contributed by atoms with Crippen molar-refractivity contribution in [3.8, 4) is 0 Å². The number of rotatable bonds is 4. The second-order valence-corrected chi connectivity index (χ2v) is 6.21. The molecule has 1 aromatic heterocycles. The number of amides is 1. The predicted molar refractivity (Wildman–Crippen MR) is 88.2 cm³/mol. The average molecular weight is 298 g/mol. The molecule has 0 aliphatic rings. The van der Waals surface area contributed by atoms with E-state index in [1.54, 1.807) is 12.3 Å². The number of aromatic nitrogens is 2. The fraction of sp³-hybridized carbons (Fsp3) is 0.353. The summed E-state index contributed by atoms with van der Waals surface area (Å²) in [5.74, 6) is -0.326. The van der Waals surface area contributed by atoms with Crippen LogP contribution in [0.2, 0.25) is 0 Å². The lowest BCUT2D eigenvalue weighted by molar-refractivity contribution is 0.0950. The molecule has 5 nitrogen and oxygen atoms in total. The van der Waals surface area contributed by atoms with Crippen molar-refractivity contribution in [2.24, 2.45) is 5.10 Å². The summed E-state index contributed by atoms with van der Waals surface area (Å²) in [6.45, 7) is 8.28. The lowest BCUT2D eigenvalue weighted by atomic mass is 9.92. The van der Waals surface area contributed by atoms with Crippen molar-refractivity contribution in [3.05, 3.63) is 52.8 Å². The molecule has 1 heterocycles. The smallest absolute Gasteiger partial charge is 0.281 e. The van der Waals surface area contributed by atoms with E-state index < -0.39 is 0 Å². The van der Waals surface area contributed by atoms with E-state index in [9.17, 15) is 4.79 Å². The minimum atomic E-state index is -0.326. The van der Waals surface area contributed by atoms with Crippen molar-refractivity contribution in [3.63, 3.8) is 0 Å². The molecule has 0 saturated carbocycles. The van der Waals surface area contributed by atoms with Gasteiger partial charge in [0, 0.05) is 11.1 Å². The molecule has 2 N–H and O–H groups in total. The highest BCUT2D eigenvalue weighted by Gasteiger charge is 2.18. The van der Waals surface area contributed by atoms with Crippen molar-refractivity contribution in [2.75, 3.05) is 0 Å². The van der Waals surface area contributed by atoms with Crippen LogP contribution in [0, 0.1) is 0 Å². The molecule has 0 aliphatic carbocycles. The zero-order valence-electron chi connectivity index (χ0n) is 13.5. The number of carbonyl (C=O) groups is 1. The van der Waals surface area contributed by atoms with Crippen molar-refractivity contribution in [1.29, 1.82) is 0 Å². The van der Waals surface area contributed by atoms with Crippen LogP contribution in [-0.4, -0.2) is 22.3 Å². The molecule has 116 valence electrons. The quantitative estimate of drug-likeness (QED) is 0.673. The Morgan fingerprint density at radius 3 is 2.55 bits per heavy atom. The van der Waals surface area contributed by atoms with Gasteiger partial charge in [0.05, 0.1) is 6.21 Å². The van der Waals surface area contributed by atoms with Crippen molar-refractivity contribution in [2.45, 2.75) is 39.5 Å². The second-order valence-electron chi connectivity index (χ2n) is 6.21. The van der Waals surface area contributed by atoms with Gasteiger partial charge in [0.25, 0.3) is 5.91 Å². The maximum absolute atomic E-state index is 12.0. The third kappa shape index (κ3) is 4.04. The summed E-state index contributed by atoms with van der Waals surface area (Å²) in [4.78, 5) is 12.0. The SMILES string of the molecule is CCc1ccc(C=NNC(=O)c2cc(C(C)(C)C)[nH]n2)cc1. The topological polar surface area (TPSA) is 70.1 Å². The maximum Gasteiger partial charge on any atom is 0.291 e. The van der Waals surface area contributed by atoms with Gasteiger partial charge in [-0.2, -0.15) is 10.2 Å². The first-order valence-corrected chi connectivity index (χ1v) is 7.38. The second kappa shape index (κ2) is 6.56. The zero-order valence-corrected chi connectivity index (χ0v) is 13.5. The van der Waals surface area contributed by atoms with Crippen LogP contribution >= 0.6 is 0 Å². The average Bonchev–Trinajstić information content (AvgIpc) is 2.98. The number of hydrogen-bond acceptors (Lipinski definition) is 3. The molecular weight excluding hydrogens is 276 g/mol. The molecule has 22 heavy (non-hydrogen) atoms. The zero-order chi connectivity index (χ0) is 16.2. The third-order valence-electron chi connectivity index (χ3n) is 3.39. The van der Waals surface area contributed by atoms with Crippen LogP contribution in [0.1, 0.15) is 55.0 Å². The van der Waals surface area contributed by atoms with Crippen molar-refractivity contribution in [1.82, 2.24) is 15.6 Å². The molecular formula is C17H22N4O. The monoisotopic (exact) mass is 298 g/mol. The Morgan fingerprint density at radius 2 is 2.00 bits per heavy atom. The molecule has 0 aliphatic heterocycles. The highest BCUT2D eigenvalue weighted by molar-refractivity contribution is 5.93. The van der Waals surface area contributed by atoms with E-state index in [1.807, 2.05) is 24.3 Å². The standard InChI is InChI=1S/C17H22N4O/c1-5-12-6-8-13(9-7-12)11-18-21-16(22)14-10-15(20-19-14)17(2,3)4/h6-11H,5H2,1-4H3,(H,19,20)(H,21,22). The number of hydrogen-bond donors (Lipinski definition) is 2. The van der Waals surface area contributed by atoms with Crippen LogP contribution in [-0.2, 0) is 11.8 Å². The molecule has 0 bridgehead atoms. The van der Waals surface area contributed by atoms with Crippen molar-refractivity contribution >= 4 is 12.1 Å². The number of hydrazone groups is 1.